The summed E-state index contributed by atoms with van der Waals surface area (Å²) in [6.45, 7) is 9.45. The number of hydrogen-bond donors (Lipinski definition) is 0. The summed E-state index contributed by atoms with van der Waals surface area (Å²) < 4.78 is 0. The fourth-order valence-corrected chi connectivity index (χ4v) is 0.351. The SMILES string of the molecule is [CH][C@@H](C)/C=C\CC. The summed E-state index contributed by atoms with van der Waals surface area (Å²) in [4.78, 5) is 0. The molecule has 0 spiro atoms. The Hall–Kier alpha value is -0.260. The Bertz CT molecular complexity index is 51.1. The number of allylic oxidation sites excluding steroid dienone is 2. The normalized spacial score (nSPS) is 11.4. The van der Waals surface area contributed by atoms with Crippen molar-refractivity contribution in [1.29, 1.82) is 0 Å². The predicted molar refractivity (Wildman–Crippen MR) is 32.9 cm³/mol. The summed E-state index contributed by atoms with van der Waals surface area (Å²) in [5.41, 5.74) is 0. The zero-order valence-corrected chi connectivity index (χ0v) is 5.02. The van der Waals surface area contributed by atoms with E-state index < -0.39 is 0 Å². The van der Waals surface area contributed by atoms with Crippen LogP contribution in [0.15, 0.2) is 12.2 Å². The molecule has 0 amide bonds. The predicted octanol–water partition coefficient (Wildman–Crippen LogP) is 2.30. The summed E-state index contributed by atoms with van der Waals surface area (Å²) in [6.07, 6.45) is 5.16. The summed E-state index contributed by atoms with van der Waals surface area (Å²) in [5.74, 6) is 0.222. The second-order valence-electron chi connectivity index (χ2n) is 1.70. The number of hydrogen-bond acceptors (Lipinski definition) is 0. The molecular formula is C7H12. The second-order valence-corrected chi connectivity index (χ2v) is 1.70. The third-order valence-electron chi connectivity index (χ3n) is 0.675. The van der Waals surface area contributed by atoms with E-state index in [1.165, 1.54) is 0 Å². The first-order valence-corrected chi connectivity index (χ1v) is 2.69. The average Bonchev–Trinajstić information content (AvgIpc) is 1.61. The van der Waals surface area contributed by atoms with Gasteiger partial charge in [-0.1, -0.05) is 26.0 Å². The lowest BCUT2D eigenvalue weighted by atomic mass is 10.2. The fraction of sp³-hybridized carbons (Fsp3) is 0.571. The third-order valence-corrected chi connectivity index (χ3v) is 0.675. The minimum atomic E-state index is 0.222. The van der Waals surface area contributed by atoms with Crippen molar-refractivity contribution in [3.8, 4) is 0 Å². The first-order valence-electron chi connectivity index (χ1n) is 2.69. The van der Waals surface area contributed by atoms with Crippen molar-refractivity contribution < 1.29 is 0 Å². The van der Waals surface area contributed by atoms with Crippen LogP contribution in [0.5, 0.6) is 0 Å². The lowest BCUT2D eigenvalue weighted by molar-refractivity contribution is 0.926. The standard InChI is InChI=1S/C7H12/c1-4-5-6-7(2)3/h2,5-7H,4H2,1,3H3/b6-5-/t7-/m0/s1. The van der Waals surface area contributed by atoms with Crippen LogP contribution in [-0.2, 0) is 0 Å². The molecule has 0 aromatic carbocycles. The highest BCUT2D eigenvalue weighted by atomic mass is 13.8. The van der Waals surface area contributed by atoms with Gasteiger partial charge >= 0.3 is 0 Å². The maximum absolute atomic E-state index is 5.39. The molecule has 0 heterocycles. The molecule has 0 saturated heterocycles. The van der Waals surface area contributed by atoms with Gasteiger partial charge < -0.3 is 0 Å². The molecule has 1 atom stereocenters. The van der Waals surface area contributed by atoms with E-state index in [4.69, 9.17) is 6.92 Å². The molecule has 0 N–H and O–H groups in total. The van der Waals surface area contributed by atoms with Crippen LogP contribution in [0.25, 0.3) is 0 Å². The Morgan fingerprint density at radius 1 is 1.71 bits per heavy atom. The Kier molecular flexibility index (Phi) is 3.77. The molecule has 2 radical (unpaired) electrons. The summed E-state index contributed by atoms with van der Waals surface area (Å²) in [5, 5.41) is 0. The van der Waals surface area contributed by atoms with Crippen LogP contribution < -0.4 is 0 Å². The molecule has 0 aliphatic carbocycles. The molecule has 0 rings (SSSR count). The second kappa shape index (κ2) is 3.91. The highest BCUT2D eigenvalue weighted by Crippen LogP contribution is 1.92. The molecule has 0 aliphatic rings. The summed E-state index contributed by atoms with van der Waals surface area (Å²) in [7, 11) is 0. The van der Waals surface area contributed by atoms with Gasteiger partial charge in [-0.2, -0.15) is 0 Å². The van der Waals surface area contributed by atoms with Gasteiger partial charge in [0.05, 0.1) is 0 Å². The quantitative estimate of drug-likeness (QED) is 0.463. The van der Waals surface area contributed by atoms with E-state index in [9.17, 15) is 0 Å². The van der Waals surface area contributed by atoms with E-state index in [2.05, 4.69) is 13.0 Å². The van der Waals surface area contributed by atoms with E-state index in [1.807, 2.05) is 13.0 Å². The van der Waals surface area contributed by atoms with Gasteiger partial charge in [0.15, 0.2) is 0 Å². The van der Waals surface area contributed by atoms with Crippen LogP contribution in [0.1, 0.15) is 20.3 Å². The first kappa shape index (κ1) is 6.74. The van der Waals surface area contributed by atoms with Gasteiger partial charge in [0.25, 0.3) is 0 Å². The Morgan fingerprint density at radius 2 is 2.29 bits per heavy atom. The smallest absolute Gasteiger partial charge is 0.0228 e. The van der Waals surface area contributed by atoms with Crippen molar-refractivity contribution in [2.45, 2.75) is 20.3 Å². The summed E-state index contributed by atoms with van der Waals surface area (Å²) >= 11 is 0. The highest BCUT2D eigenvalue weighted by Gasteiger charge is 1.79. The fourth-order valence-electron chi connectivity index (χ4n) is 0.351. The van der Waals surface area contributed by atoms with Crippen molar-refractivity contribution in [2.24, 2.45) is 5.92 Å². The van der Waals surface area contributed by atoms with Crippen molar-refractivity contribution >= 4 is 0 Å². The van der Waals surface area contributed by atoms with Gasteiger partial charge in [-0.05, 0) is 19.3 Å². The maximum Gasteiger partial charge on any atom is -0.0228 e. The Balaban J connectivity index is 3.08. The van der Waals surface area contributed by atoms with Crippen molar-refractivity contribution in [2.75, 3.05) is 0 Å². The maximum atomic E-state index is 5.39. The molecule has 0 bridgehead atoms. The molecule has 0 aliphatic heterocycles. The Labute approximate surface area is 46.2 Å². The molecule has 40 valence electrons. The van der Waals surface area contributed by atoms with Gasteiger partial charge in [-0.25, -0.2) is 0 Å². The number of rotatable bonds is 2. The van der Waals surface area contributed by atoms with E-state index in [-0.39, 0.29) is 5.92 Å². The molecule has 0 unspecified atom stereocenters. The lowest BCUT2D eigenvalue weighted by Gasteiger charge is -1.88. The molecule has 7 heavy (non-hydrogen) atoms. The highest BCUT2D eigenvalue weighted by molar-refractivity contribution is 4.85. The van der Waals surface area contributed by atoms with Gasteiger partial charge in [-0.15, -0.1) is 0 Å². The zero-order chi connectivity index (χ0) is 5.70. The largest absolute Gasteiger partial charge is 0.0885 e. The molecule has 0 aromatic heterocycles. The van der Waals surface area contributed by atoms with Crippen LogP contribution in [0, 0.1) is 12.8 Å². The van der Waals surface area contributed by atoms with Crippen molar-refractivity contribution in [3.63, 3.8) is 0 Å². The molecule has 0 heteroatoms. The van der Waals surface area contributed by atoms with E-state index in [1.54, 1.807) is 0 Å². The minimum Gasteiger partial charge on any atom is -0.0885 e. The van der Waals surface area contributed by atoms with Crippen LogP contribution in [-0.4, -0.2) is 0 Å². The van der Waals surface area contributed by atoms with Crippen LogP contribution >= 0.6 is 0 Å². The van der Waals surface area contributed by atoms with Gasteiger partial charge in [0.1, 0.15) is 0 Å². The van der Waals surface area contributed by atoms with Crippen LogP contribution in [0.3, 0.4) is 0 Å². The van der Waals surface area contributed by atoms with Gasteiger partial charge in [-0.3, -0.25) is 0 Å². The van der Waals surface area contributed by atoms with E-state index >= 15 is 0 Å². The molecule has 0 fully saturated rings. The van der Waals surface area contributed by atoms with Crippen LogP contribution in [0.4, 0.5) is 0 Å². The van der Waals surface area contributed by atoms with Crippen molar-refractivity contribution in [1.82, 2.24) is 0 Å². The minimum absolute atomic E-state index is 0.222. The molecule has 0 aromatic rings. The topological polar surface area (TPSA) is 0 Å². The average molecular weight is 96.2 g/mol. The molecule has 0 nitrogen and oxygen atoms in total. The van der Waals surface area contributed by atoms with Crippen molar-refractivity contribution in [3.05, 3.63) is 19.1 Å². The third kappa shape index (κ3) is 5.74. The monoisotopic (exact) mass is 96.1 g/mol. The molecule has 0 saturated carbocycles. The van der Waals surface area contributed by atoms with Crippen LogP contribution in [0.2, 0.25) is 0 Å². The van der Waals surface area contributed by atoms with Gasteiger partial charge in [0.2, 0.25) is 0 Å². The van der Waals surface area contributed by atoms with Gasteiger partial charge in [0, 0.05) is 0 Å². The Morgan fingerprint density at radius 3 is 2.43 bits per heavy atom. The lowest BCUT2D eigenvalue weighted by Crippen LogP contribution is -1.75. The van der Waals surface area contributed by atoms with E-state index in [0.717, 1.165) is 6.42 Å². The zero-order valence-electron chi connectivity index (χ0n) is 5.02. The molecular weight excluding hydrogens is 84.1 g/mol. The summed E-state index contributed by atoms with van der Waals surface area (Å²) in [6, 6.07) is 0. The first-order chi connectivity index (χ1) is 3.27. The van der Waals surface area contributed by atoms with E-state index in [0.29, 0.717) is 0 Å².